The predicted octanol–water partition coefficient (Wildman–Crippen LogP) is 5.90. The molecule has 170 valence electrons. The molecule has 1 N–H and O–H groups in total. The minimum atomic E-state index is -0.945. The first-order valence-corrected chi connectivity index (χ1v) is 11.0. The van der Waals surface area contributed by atoms with Gasteiger partial charge < -0.3 is 14.3 Å². The van der Waals surface area contributed by atoms with Gasteiger partial charge in [0.25, 0.3) is 11.7 Å². The Labute approximate surface area is 197 Å². The average Bonchev–Trinajstić information content (AvgIpc) is 3.41. The van der Waals surface area contributed by atoms with Crippen molar-refractivity contribution >= 4 is 34.7 Å². The van der Waals surface area contributed by atoms with E-state index in [0.717, 1.165) is 5.56 Å². The van der Waals surface area contributed by atoms with Crippen LogP contribution in [0.25, 0.3) is 5.76 Å². The number of carbonyl (C=O) groups excluding carboxylic acids is 2. The second-order valence-electron chi connectivity index (χ2n) is 8.35. The second kappa shape index (κ2) is 9.16. The number of benzene rings is 2. The van der Waals surface area contributed by atoms with E-state index in [0.29, 0.717) is 40.3 Å². The van der Waals surface area contributed by atoms with Gasteiger partial charge in [-0.3, -0.25) is 14.5 Å². The molecule has 6 nitrogen and oxygen atoms in total. The zero-order valence-electron chi connectivity index (χ0n) is 18.5. The standard InChI is InChI=1S/C26H24ClNO5/c1-15(2)14-33-19-7-4-6-17(12-19)24(29)22-23(21-8-5-11-32-21)28(26(31)25(22)30)18-10-9-16(3)20(27)13-18/h4-13,15,23,29H,14H2,1-3H3/b24-22-. The van der Waals surface area contributed by atoms with Gasteiger partial charge in [-0.1, -0.05) is 43.6 Å². The Morgan fingerprint density at radius 2 is 1.94 bits per heavy atom. The summed E-state index contributed by atoms with van der Waals surface area (Å²) in [4.78, 5) is 27.6. The number of ketones is 1. The van der Waals surface area contributed by atoms with Gasteiger partial charge in [0.1, 0.15) is 23.3 Å². The molecule has 33 heavy (non-hydrogen) atoms. The summed E-state index contributed by atoms with van der Waals surface area (Å²) in [6.07, 6.45) is 1.46. The first-order valence-electron chi connectivity index (χ1n) is 10.6. The van der Waals surface area contributed by atoms with Gasteiger partial charge in [-0.15, -0.1) is 0 Å². The molecule has 1 aliphatic rings. The number of amides is 1. The summed E-state index contributed by atoms with van der Waals surface area (Å²) in [6, 6.07) is 14.3. The smallest absolute Gasteiger partial charge is 0.300 e. The third kappa shape index (κ3) is 4.39. The van der Waals surface area contributed by atoms with E-state index in [-0.39, 0.29) is 11.3 Å². The molecule has 1 aromatic heterocycles. The van der Waals surface area contributed by atoms with E-state index in [2.05, 4.69) is 0 Å². The van der Waals surface area contributed by atoms with E-state index in [1.807, 2.05) is 20.8 Å². The van der Waals surface area contributed by atoms with E-state index < -0.39 is 17.7 Å². The lowest BCUT2D eigenvalue weighted by Crippen LogP contribution is -2.29. The number of aliphatic hydroxyl groups excluding tert-OH is 1. The Balaban J connectivity index is 1.83. The third-order valence-electron chi connectivity index (χ3n) is 5.38. The molecular formula is C26H24ClNO5. The molecular weight excluding hydrogens is 442 g/mol. The molecule has 1 amide bonds. The first kappa shape index (κ1) is 22.7. The highest BCUT2D eigenvalue weighted by Crippen LogP contribution is 2.43. The van der Waals surface area contributed by atoms with Gasteiger partial charge in [-0.05, 0) is 54.8 Å². The van der Waals surface area contributed by atoms with Crippen molar-refractivity contribution in [1.29, 1.82) is 0 Å². The number of Topliss-reactive ketones (excluding diaryl/α,β-unsaturated/α-hetero) is 1. The summed E-state index contributed by atoms with van der Waals surface area (Å²) < 4.78 is 11.3. The van der Waals surface area contributed by atoms with Gasteiger partial charge in [0, 0.05) is 16.3 Å². The molecule has 0 bridgehead atoms. The number of rotatable bonds is 6. The number of ether oxygens (including phenoxy) is 1. The third-order valence-corrected chi connectivity index (χ3v) is 5.79. The number of furan rings is 1. The fraction of sp³-hybridized carbons (Fsp3) is 0.231. The fourth-order valence-electron chi connectivity index (χ4n) is 3.70. The molecule has 1 unspecified atom stereocenters. The number of anilines is 1. The molecule has 4 rings (SSSR count). The van der Waals surface area contributed by atoms with E-state index in [1.165, 1.54) is 11.2 Å². The molecule has 0 saturated carbocycles. The number of halogens is 1. The van der Waals surface area contributed by atoms with Crippen LogP contribution in [-0.2, 0) is 9.59 Å². The zero-order valence-corrected chi connectivity index (χ0v) is 19.3. The highest BCUT2D eigenvalue weighted by molar-refractivity contribution is 6.51. The van der Waals surface area contributed by atoms with Crippen molar-refractivity contribution in [3.63, 3.8) is 0 Å². The summed E-state index contributed by atoms with van der Waals surface area (Å²) in [5.41, 5.74) is 1.58. The largest absolute Gasteiger partial charge is 0.507 e. The molecule has 3 aromatic rings. The van der Waals surface area contributed by atoms with Crippen molar-refractivity contribution in [2.24, 2.45) is 5.92 Å². The topological polar surface area (TPSA) is 80.0 Å². The minimum absolute atomic E-state index is 0.0624. The summed E-state index contributed by atoms with van der Waals surface area (Å²) in [5.74, 6) is -0.649. The molecule has 0 radical (unpaired) electrons. The number of carbonyl (C=O) groups is 2. The summed E-state index contributed by atoms with van der Waals surface area (Å²) in [6.45, 7) is 6.42. The van der Waals surface area contributed by atoms with Crippen molar-refractivity contribution in [2.45, 2.75) is 26.8 Å². The maximum atomic E-state index is 13.1. The van der Waals surface area contributed by atoms with Crippen molar-refractivity contribution < 1.29 is 23.8 Å². The number of hydrogen-bond donors (Lipinski definition) is 1. The van der Waals surface area contributed by atoms with Crippen LogP contribution < -0.4 is 9.64 Å². The van der Waals surface area contributed by atoms with Crippen LogP contribution >= 0.6 is 11.6 Å². The van der Waals surface area contributed by atoms with Crippen LogP contribution in [0.2, 0.25) is 5.02 Å². The number of hydrogen-bond acceptors (Lipinski definition) is 5. The van der Waals surface area contributed by atoms with Gasteiger partial charge in [-0.25, -0.2) is 0 Å². The van der Waals surface area contributed by atoms with Gasteiger partial charge in [-0.2, -0.15) is 0 Å². The lowest BCUT2D eigenvalue weighted by atomic mass is 9.99. The molecule has 1 atom stereocenters. The Morgan fingerprint density at radius 3 is 2.61 bits per heavy atom. The van der Waals surface area contributed by atoms with Crippen LogP contribution in [-0.4, -0.2) is 23.4 Å². The molecule has 1 aliphatic heterocycles. The number of nitrogens with zero attached hydrogens (tertiary/aromatic N) is 1. The quantitative estimate of drug-likeness (QED) is 0.278. The molecule has 2 aromatic carbocycles. The highest BCUT2D eigenvalue weighted by atomic mass is 35.5. The molecule has 7 heteroatoms. The Hall–Kier alpha value is -3.51. The van der Waals surface area contributed by atoms with E-state index in [4.69, 9.17) is 20.8 Å². The summed E-state index contributed by atoms with van der Waals surface area (Å²) >= 11 is 6.29. The maximum absolute atomic E-state index is 13.1. The molecule has 0 aliphatic carbocycles. The van der Waals surface area contributed by atoms with E-state index >= 15 is 0 Å². The van der Waals surface area contributed by atoms with Crippen LogP contribution in [0, 0.1) is 12.8 Å². The molecule has 0 spiro atoms. The van der Waals surface area contributed by atoms with Crippen molar-refractivity contribution in [2.75, 3.05) is 11.5 Å². The maximum Gasteiger partial charge on any atom is 0.300 e. The SMILES string of the molecule is Cc1ccc(N2C(=O)C(=O)/C(=C(\O)c3cccc(OCC(C)C)c3)C2c2ccco2)cc1Cl. The average molecular weight is 466 g/mol. The summed E-state index contributed by atoms with van der Waals surface area (Å²) in [7, 11) is 0. The first-order chi connectivity index (χ1) is 15.8. The Morgan fingerprint density at radius 1 is 1.15 bits per heavy atom. The second-order valence-corrected chi connectivity index (χ2v) is 8.76. The Bertz CT molecular complexity index is 1230. The lowest BCUT2D eigenvalue weighted by Gasteiger charge is -2.23. The van der Waals surface area contributed by atoms with Gasteiger partial charge >= 0.3 is 0 Å². The van der Waals surface area contributed by atoms with E-state index in [9.17, 15) is 14.7 Å². The minimum Gasteiger partial charge on any atom is -0.507 e. The fourth-order valence-corrected chi connectivity index (χ4v) is 3.87. The van der Waals surface area contributed by atoms with Crippen molar-refractivity contribution in [3.05, 3.63) is 88.3 Å². The lowest BCUT2D eigenvalue weighted by molar-refractivity contribution is -0.132. The molecule has 2 heterocycles. The summed E-state index contributed by atoms with van der Waals surface area (Å²) in [5, 5.41) is 11.7. The number of aryl methyl sites for hydroxylation is 1. The highest BCUT2D eigenvalue weighted by Gasteiger charge is 2.48. The van der Waals surface area contributed by atoms with Gasteiger partial charge in [0.2, 0.25) is 0 Å². The van der Waals surface area contributed by atoms with Crippen LogP contribution in [0.5, 0.6) is 5.75 Å². The molecule has 1 saturated heterocycles. The van der Waals surface area contributed by atoms with Crippen molar-refractivity contribution in [1.82, 2.24) is 0 Å². The van der Waals surface area contributed by atoms with Crippen LogP contribution in [0.4, 0.5) is 5.69 Å². The monoisotopic (exact) mass is 465 g/mol. The predicted molar refractivity (Wildman–Crippen MR) is 126 cm³/mol. The number of aliphatic hydroxyl groups is 1. The van der Waals surface area contributed by atoms with E-state index in [1.54, 1.807) is 54.6 Å². The molecule has 1 fully saturated rings. The van der Waals surface area contributed by atoms with Gasteiger partial charge in [0.15, 0.2) is 0 Å². The zero-order chi connectivity index (χ0) is 23.7. The van der Waals surface area contributed by atoms with Crippen LogP contribution in [0.15, 0.2) is 70.9 Å². The normalized spacial score (nSPS) is 17.7. The van der Waals surface area contributed by atoms with Gasteiger partial charge in [0.05, 0.1) is 18.4 Å². The Kier molecular flexibility index (Phi) is 6.29. The van der Waals surface area contributed by atoms with Crippen LogP contribution in [0.3, 0.4) is 0 Å². The van der Waals surface area contributed by atoms with Crippen LogP contribution in [0.1, 0.15) is 36.8 Å². The van der Waals surface area contributed by atoms with Crippen molar-refractivity contribution in [3.8, 4) is 5.75 Å².